The van der Waals surface area contributed by atoms with E-state index in [1.807, 2.05) is 0 Å². The number of fused-ring (bicyclic) bond motifs is 1. The summed E-state index contributed by atoms with van der Waals surface area (Å²) in [5, 5.41) is 3.19. The van der Waals surface area contributed by atoms with Crippen molar-refractivity contribution >= 4 is 0 Å². The maximum Gasteiger partial charge on any atom is 0.116 e. The van der Waals surface area contributed by atoms with E-state index < -0.39 is 0 Å². The Balaban J connectivity index is 2.19. The molecule has 1 heterocycles. The average Bonchev–Trinajstić information content (AvgIpc) is 2.05. The quantitative estimate of drug-likeness (QED) is 0.541. The van der Waals surface area contributed by atoms with Gasteiger partial charge < -0.3 is 10.1 Å². The Morgan fingerprint density at radius 2 is 2.20 bits per heavy atom. The van der Waals surface area contributed by atoms with Crippen molar-refractivity contribution in [2.75, 3.05) is 13.3 Å². The molecule has 0 atom stereocenters. The van der Waals surface area contributed by atoms with E-state index in [1.165, 1.54) is 24.1 Å². The van der Waals surface area contributed by atoms with Crippen molar-refractivity contribution in [3.8, 4) is 0 Å². The summed E-state index contributed by atoms with van der Waals surface area (Å²) in [5.74, 6) is 0. The van der Waals surface area contributed by atoms with Crippen molar-refractivity contribution in [3.05, 3.63) is 23.4 Å². The molecule has 54 valence electrons. The highest BCUT2D eigenvalue weighted by Gasteiger charge is 2.12. The van der Waals surface area contributed by atoms with Crippen LogP contribution < -0.4 is 5.32 Å². The molecule has 1 aliphatic carbocycles. The van der Waals surface area contributed by atoms with Crippen molar-refractivity contribution in [2.24, 2.45) is 0 Å². The minimum atomic E-state index is 0.670. The number of hydrogen-bond donors (Lipinski definition) is 1. The second-order valence-electron chi connectivity index (χ2n) is 2.59. The largest absolute Gasteiger partial charge is 0.363 e. The molecule has 1 fully saturated rings. The van der Waals surface area contributed by atoms with E-state index in [4.69, 9.17) is 4.74 Å². The predicted octanol–water partition coefficient (Wildman–Crippen LogP) is 1.17. The van der Waals surface area contributed by atoms with E-state index >= 15 is 0 Å². The zero-order valence-corrected chi connectivity index (χ0v) is 5.89. The van der Waals surface area contributed by atoms with E-state index in [1.54, 1.807) is 0 Å². The van der Waals surface area contributed by atoms with E-state index in [-0.39, 0.29) is 0 Å². The van der Waals surface area contributed by atoms with Gasteiger partial charge in [-0.1, -0.05) is 12.2 Å². The smallest absolute Gasteiger partial charge is 0.116 e. The molecule has 0 aromatic heterocycles. The first-order valence-electron chi connectivity index (χ1n) is 3.68. The number of ether oxygens (including phenoxy) is 1. The summed E-state index contributed by atoms with van der Waals surface area (Å²) < 4.78 is 5.22. The van der Waals surface area contributed by atoms with Gasteiger partial charge in [0.25, 0.3) is 0 Å². The van der Waals surface area contributed by atoms with E-state index in [0.717, 1.165) is 6.61 Å². The van der Waals surface area contributed by atoms with Gasteiger partial charge in [-0.25, -0.2) is 0 Å². The Labute approximate surface area is 60.6 Å². The lowest BCUT2D eigenvalue weighted by atomic mass is 10.0. The zero-order chi connectivity index (χ0) is 6.81. The second-order valence-corrected chi connectivity index (χ2v) is 2.59. The first-order chi connectivity index (χ1) is 4.97. The SMILES string of the molecule is C1=C2COCNC2=CCC1. The molecular formula is C8H11NO. The van der Waals surface area contributed by atoms with Crippen LogP contribution in [0.4, 0.5) is 0 Å². The van der Waals surface area contributed by atoms with Crippen LogP contribution in [0.15, 0.2) is 23.4 Å². The lowest BCUT2D eigenvalue weighted by Crippen LogP contribution is -2.27. The summed E-state index contributed by atoms with van der Waals surface area (Å²) in [6, 6.07) is 0. The standard InChI is InChI=1S/C8H11NO/c1-2-4-8-7(3-1)5-10-6-9-8/h3-4,9H,1-2,5-6H2. The van der Waals surface area contributed by atoms with Gasteiger partial charge in [0.15, 0.2) is 0 Å². The molecule has 0 spiro atoms. The molecular weight excluding hydrogens is 126 g/mol. The van der Waals surface area contributed by atoms with Gasteiger partial charge in [0, 0.05) is 5.70 Å². The molecule has 0 amide bonds. The molecule has 2 rings (SSSR count). The predicted molar refractivity (Wildman–Crippen MR) is 39.4 cm³/mol. The molecule has 0 unspecified atom stereocenters. The van der Waals surface area contributed by atoms with Crippen molar-refractivity contribution in [2.45, 2.75) is 12.8 Å². The molecule has 0 radical (unpaired) electrons. The van der Waals surface area contributed by atoms with Crippen molar-refractivity contribution in [3.63, 3.8) is 0 Å². The van der Waals surface area contributed by atoms with Crippen LogP contribution in [0.25, 0.3) is 0 Å². The van der Waals surface area contributed by atoms with Crippen LogP contribution in [-0.4, -0.2) is 13.3 Å². The van der Waals surface area contributed by atoms with Gasteiger partial charge in [-0.05, 0) is 18.4 Å². The third kappa shape index (κ3) is 0.948. The summed E-state index contributed by atoms with van der Waals surface area (Å²) in [6.45, 7) is 1.46. The molecule has 0 bridgehead atoms. The highest BCUT2D eigenvalue weighted by molar-refractivity contribution is 5.33. The summed E-state index contributed by atoms with van der Waals surface area (Å²) >= 11 is 0. The maximum absolute atomic E-state index is 5.22. The minimum Gasteiger partial charge on any atom is -0.363 e. The van der Waals surface area contributed by atoms with E-state index in [0.29, 0.717) is 6.73 Å². The Hall–Kier alpha value is -0.760. The van der Waals surface area contributed by atoms with E-state index in [9.17, 15) is 0 Å². The maximum atomic E-state index is 5.22. The number of rotatable bonds is 0. The van der Waals surface area contributed by atoms with Gasteiger partial charge in [0.05, 0.1) is 6.61 Å². The van der Waals surface area contributed by atoms with Gasteiger partial charge in [-0.3, -0.25) is 0 Å². The van der Waals surface area contributed by atoms with Crippen molar-refractivity contribution < 1.29 is 4.74 Å². The van der Waals surface area contributed by atoms with Crippen LogP contribution >= 0.6 is 0 Å². The summed E-state index contributed by atoms with van der Waals surface area (Å²) in [4.78, 5) is 0. The zero-order valence-electron chi connectivity index (χ0n) is 5.89. The summed E-state index contributed by atoms with van der Waals surface area (Å²) in [5.41, 5.74) is 2.62. The highest BCUT2D eigenvalue weighted by Crippen LogP contribution is 2.18. The molecule has 1 aliphatic heterocycles. The number of nitrogens with one attached hydrogen (secondary N) is 1. The van der Waals surface area contributed by atoms with Crippen LogP contribution in [0.5, 0.6) is 0 Å². The molecule has 2 heteroatoms. The molecule has 0 saturated carbocycles. The normalized spacial score (nSPS) is 24.0. The van der Waals surface area contributed by atoms with Gasteiger partial charge in [0.1, 0.15) is 6.73 Å². The lowest BCUT2D eigenvalue weighted by molar-refractivity contribution is 0.127. The fourth-order valence-corrected chi connectivity index (χ4v) is 1.34. The molecule has 2 nitrogen and oxygen atoms in total. The molecule has 2 aliphatic rings. The monoisotopic (exact) mass is 137 g/mol. The molecule has 1 saturated heterocycles. The van der Waals surface area contributed by atoms with Crippen molar-refractivity contribution in [1.29, 1.82) is 0 Å². The van der Waals surface area contributed by atoms with Crippen LogP contribution in [0.2, 0.25) is 0 Å². The summed E-state index contributed by atoms with van der Waals surface area (Å²) in [6.07, 6.45) is 6.84. The van der Waals surface area contributed by atoms with Gasteiger partial charge in [0.2, 0.25) is 0 Å². The topological polar surface area (TPSA) is 21.3 Å². The van der Waals surface area contributed by atoms with Gasteiger partial charge >= 0.3 is 0 Å². The average molecular weight is 137 g/mol. The lowest BCUT2D eigenvalue weighted by Gasteiger charge is -2.23. The van der Waals surface area contributed by atoms with Crippen LogP contribution in [-0.2, 0) is 4.74 Å². The van der Waals surface area contributed by atoms with E-state index in [2.05, 4.69) is 17.5 Å². The molecule has 10 heavy (non-hydrogen) atoms. The Bertz CT molecular complexity index is 171. The minimum absolute atomic E-state index is 0.670. The van der Waals surface area contributed by atoms with Gasteiger partial charge in [-0.2, -0.15) is 0 Å². The van der Waals surface area contributed by atoms with Gasteiger partial charge in [-0.15, -0.1) is 0 Å². The second kappa shape index (κ2) is 2.46. The summed E-state index contributed by atoms with van der Waals surface area (Å²) in [7, 11) is 0. The fourth-order valence-electron chi connectivity index (χ4n) is 1.34. The number of hydrogen-bond acceptors (Lipinski definition) is 2. The Kier molecular flexibility index (Phi) is 1.47. The first kappa shape index (κ1) is 5.98. The highest BCUT2D eigenvalue weighted by atomic mass is 16.5. The van der Waals surface area contributed by atoms with Crippen molar-refractivity contribution in [1.82, 2.24) is 5.32 Å². The Morgan fingerprint density at radius 1 is 1.30 bits per heavy atom. The number of allylic oxidation sites excluding steroid dienone is 2. The third-order valence-corrected chi connectivity index (χ3v) is 1.87. The third-order valence-electron chi connectivity index (χ3n) is 1.87. The van der Waals surface area contributed by atoms with Crippen LogP contribution in [0, 0.1) is 0 Å². The molecule has 0 aromatic carbocycles. The molecule has 1 N–H and O–H groups in total. The van der Waals surface area contributed by atoms with Crippen LogP contribution in [0.1, 0.15) is 12.8 Å². The first-order valence-corrected chi connectivity index (χ1v) is 3.68. The molecule has 0 aromatic rings. The Morgan fingerprint density at radius 3 is 3.10 bits per heavy atom. The fraction of sp³-hybridized carbons (Fsp3) is 0.500. The van der Waals surface area contributed by atoms with Crippen LogP contribution in [0.3, 0.4) is 0 Å².